The molecule has 2 unspecified atom stereocenters. The zero-order valence-corrected chi connectivity index (χ0v) is 8.69. The van der Waals surface area contributed by atoms with Crippen LogP contribution in [0.4, 0.5) is 0 Å². The number of rotatable bonds is 3. The van der Waals surface area contributed by atoms with E-state index in [0.29, 0.717) is 0 Å². The smallest absolute Gasteiger partial charge is 0.238 e. The fourth-order valence-corrected chi connectivity index (χ4v) is 2.54. The van der Waals surface area contributed by atoms with Gasteiger partial charge >= 0.3 is 0 Å². The van der Waals surface area contributed by atoms with E-state index < -0.39 is 0 Å². The van der Waals surface area contributed by atoms with Crippen molar-refractivity contribution in [2.45, 2.75) is 19.4 Å². The first kappa shape index (κ1) is 9.34. The first-order valence-corrected chi connectivity index (χ1v) is 6.01. The summed E-state index contributed by atoms with van der Waals surface area (Å²) in [6, 6.07) is 0.0547. The minimum atomic E-state index is 0.0547. The van der Waals surface area contributed by atoms with Crippen LogP contribution in [-0.4, -0.2) is 30.1 Å². The van der Waals surface area contributed by atoms with Crippen LogP contribution in [0.5, 0.6) is 0 Å². The van der Waals surface area contributed by atoms with Gasteiger partial charge in [-0.05, 0) is 18.3 Å². The van der Waals surface area contributed by atoms with Gasteiger partial charge in [0.05, 0.1) is 6.04 Å². The van der Waals surface area contributed by atoms with Crippen molar-refractivity contribution in [3.63, 3.8) is 0 Å². The number of hydrogen-bond donors (Lipinski definition) is 2. The molecule has 0 bridgehead atoms. The van der Waals surface area contributed by atoms with Gasteiger partial charge in [-0.3, -0.25) is 10.1 Å². The highest BCUT2D eigenvalue weighted by Crippen LogP contribution is 2.36. The Hall–Kier alpha value is -0.220. The Morgan fingerprint density at radius 1 is 1.69 bits per heavy atom. The number of thioether (sulfide) groups is 1. The third kappa shape index (κ3) is 2.38. The van der Waals surface area contributed by atoms with Gasteiger partial charge in [-0.15, -0.1) is 11.8 Å². The van der Waals surface area contributed by atoms with Crippen LogP contribution in [0.2, 0.25) is 0 Å². The van der Waals surface area contributed by atoms with E-state index in [1.165, 1.54) is 6.42 Å². The van der Waals surface area contributed by atoms with Gasteiger partial charge in [-0.2, -0.15) is 0 Å². The first-order valence-electron chi connectivity index (χ1n) is 4.86. The second-order valence-electron chi connectivity index (χ2n) is 3.99. The van der Waals surface area contributed by atoms with E-state index in [1.807, 2.05) is 0 Å². The van der Waals surface area contributed by atoms with Crippen LogP contribution in [0.25, 0.3) is 0 Å². The van der Waals surface area contributed by atoms with Gasteiger partial charge in [-0.1, -0.05) is 6.92 Å². The second-order valence-corrected chi connectivity index (χ2v) is 5.02. The summed E-state index contributed by atoms with van der Waals surface area (Å²) in [6.07, 6.45) is 1.28. The summed E-state index contributed by atoms with van der Waals surface area (Å²) in [4.78, 5) is 11.5. The van der Waals surface area contributed by atoms with Crippen molar-refractivity contribution in [3.05, 3.63) is 0 Å². The highest BCUT2D eigenvalue weighted by molar-refractivity contribution is 7.99. The fraction of sp³-hybridized carbons (Fsp3) is 0.889. The van der Waals surface area contributed by atoms with Crippen molar-refractivity contribution in [2.75, 3.05) is 18.2 Å². The molecule has 2 aliphatic rings. The summed E-state index contributed by atoms with van der Waals surface area (Å²) in [6.45, 7) is 3.11. The molecule has 1 aliphatic carbocycles. The maximum absolute atomic E-state index is 11.5. The van der Waals surface area contributed by atoms with Crippen molar-refractivity contribution in [2.24, 2.45) is 11.8 Å². The molecule has 0 radical (unpaired) electrons. The lowest BCUT2D eigenvalue weighted by Crippen LogP contribution is -2.42. The Balaban J connectivity index is 1.66. The number of nitrogens with one attached hydrogen (secondary N) is 2. The molecule has 1 saturated carbocycles. The molecule has 2 N–H and O–H groups in total. The Kier molecular flexibility index (Phi) is 2.79. The molecule has 1 heterocycles. The molecule has 1 amide bonds. The normalized spacial score (nSPS) is 37.5. The van der Waals surface area contributed by atoms with Crippen molar-refractivity contribution >= 4 is 17.7 Å². The largest absolute Gasteiger partial charge is 0.354 e. The van der Waals surface area contributed by atoms with E-state index in [4.69, 9.17) is 0 Å². The fourth-order valence-electron chi connectivity index (χ4n) is 1.60. The Labute approximate surface area is 83.0 Å². The summed E-state index contributed by atoms with van der Waals surface area (Å²) < 4.78 is 0. The summed E-state index contributed by atoms with van der Waals surface area (Å²) in [5, 5.41) is 6.16. The molecule has 0 aromatic carbocycles. The molecule has 0 aromatic heterocycles. The molecule has 0 aromatic rings. The average molecular weight is 200 g/mol. The topological polar surface area (TPSA) is 41.1 Å². The average Bonchev–Trinajstić information content (AvgIpc) is 2.67. The van der Waals surface area contributed by atoms with Crippen molar-refractivity contribution < 1.29 is 4.79 Å². The number of carbonyl (C=O) groups excluding carboxylic acids is 1. The molecule has 1 saturated heterocycles. The third-order valence-electron chi connectivity index (χ3n) is 2.85. The van der Waals surface area contributed by atoms with Crippen LogP contribution in [0.15, 0.2) is 0 Å². The number of amides is 1. The SMILES string of the molecule is CC1CC1CNC(=O)[C@H]1CSCN1. The molecule has 3 nitrogen and oxygen atoms in total. The number of carbonyl (C=O) groups is 1. The number of hydrogen-bond acceptors (Lipinski definition) is 3. The summed E-state index contributed by atoms with van der Waals surface area (Å²) in [5.41, 5.74) is 0. The molecule has 1 aliphatic heterocycles. The predicted octanol–water partition coefficient (Wildman–Crippen LogP) is 0.421. The Morgan fingerprint density at radius 2 is 2.46 bits per heavy atom. The van der Waals surface area contributed by atoms with Crippen LogP contribution >= 0.6 is 11.8 Å². The minimum Gasteiger partial charge on any atom is -0.354 e. The zero-order valence-electron chi connectivity index (χ0n) is 7.88. The summed E-state index contributed by atoms with van der Waals surface area (Å²) >= 11 is 1.79. The first-order chi connectivity index (χ1) is 6.27. The lowest BCUT2D eigenvalue weighted by molar-refractivity contribution is -0.122. The lowest BCUT2D eigenvalue weighted by atomic mass is 10.3. The standard InChI is InChI=1S/C9H16N2OS/c1-6-2-7(6)3-10-9(12)8-4-13-5-11-8/h6-8,11H,2-5H2,1H3,(H,10,12)/t6?,7?,8-/m1/s1. The molecule has 3 atom stereocenters. The van der Waals surface area contributed by atoms with Crippen LogP contribution in [0, 0.1) is 11.8 Å². The van der Waals surface area contributed by atoms with Crippen LogP contribution in [0.3, 0.4) is 0 Å². The van der Waals surface area contributed by atoms with E-state index in [-0.39, 0.29) is 11.9 Å². The van der Waals surface area contributed by atoms with Gasteiger partial charge in [0.2, 0.25) is 5.91 Å². The zero-order chi connectivity index (χ0) is 9.26. The van der Waals surface area contributed by atoms with Gasteiger partial charge in [-0.25, -0.2) is 0 Å². The van der Waals surface area contributed by atoms with Crippen molar-refractivity contribution in [3.8, 4) is 0 Å². The van der Waals surface area contributed by atoms with E-state index in [1.54, 1.807) is 11.8 Å². The van der Waals surface area contributed by atoms with Gasteiger partial charge in [0.15, 0.2) is 0 Å². The molecule has 2 rings (SSSR count). The second kappa shape index (κ2) is 3.88. The quantitative estimate of drug-likeness (QED) is 0.694. The minimum absolute atomic E-state index is 0.0547. The summed E-state index contributed by atoms with van der Waals surface area (Å²) in [7, 11) is 0. The third-order valence-corrected chi connectivity index (χ3v) is 3.79. The maximum atomic E-state index is 11.5. The van der Waals surface area contributed by atoms with Gasteiger partial charge < -0.3 is 5.32 Å². The van der Waals surface area contributed by atoms with Gasteiger partial charge in [0.1, 0.15) is 0 Å². The van der Waals surface area contributed by atoms with E-state index in [9.17, 15) is 4.79 Å². The highest BCUT2D eigenvalue weighted by Gasteiger charge is 2.33. The van der Waals surface area contributed by atoms with E-state index in [0.717, 1.165) is 30.0 Å². The molecular formula is C9H16N2OS. The predicted molar refractivity (Wildman–Crippen MR) is 54.5 cm³/mol. The molecule has 2 fully saturated rings. The van der Waals surface area contributed by atoms with E-state index in [2.05, 4.69) is 17.6 Å². The van der Waals surface area contributed by atoms with Crippen molar-refractivity contribution in [1.29, 1.82) is 0 Å². The van der Waals surface area contributed by atoms with Crippen LogP contribution in [-0.2, 0) is 4.79 Å². The van der Waals surface area contributed by atoms with Crippen LogP contribution < -0.4 is 10.6 Å². The van der Waals surface area contributed by atoms with Gasteiger partial charge in [0, 0.05) is 18.2 Å². The molecule has 13 heavy (non-hydrogen) atoms. The van der Waals surface area contributed by atoms with E-state index >= 15 is 0 Å². The molecule has 0 spiro atoms. The maximum Gasteiger partial charge on any atom is 0.238 e. The monoisotopic (exact) mass is 200 g/mol. The molecular weight excluding hydrogens is 184 g/mol. The highest BCUT2D eigenvalue weighted by atomic mass is 32.2. The molecule has 4 heteroatoms. The molecule has 74 valence electrons. The van der Waals surface area contributed by atoms with Gasteiger partial charge in [0.25, 0.3) is 0 Å². The van der Waals surface area contributed by atoms with Crippen LogP contribution in [0.1, 0.15) is 13.3 Å². The Morgan fingerprint density at radius 3 is 3.00 bits per heavy atom. The summed E-state index contributed by atoms with van der Waals surface area (Å²) in [5.74, 6) is 3.59. The van der Waals surface area contributed by atoms with Crippen molar-refractivity contribution in [1.82, 2.24) is 10.6 Å². The lowest BCUT2D eigenvalue weighted by Gasteiger charge is -2.09. The Bertz CT molecular complexity index is 204.